The molecular weight excluding hydrogens is 238 g/mol. The largest absolute Gasteiger partial charge is 0.493 e. The predicted octanol–water partition coefficient (Wildman–Crippen LogP) is 2.11. The van der Waals surface area contributed by atoms with Gasteiger partial charge in [-0.05, 0) is 19.9 Å². The van der Waals surface area contributed by atoms with E-state index in [9.17, 15) is 15.2 Å². The number of nitro groups is 1. The van der Waals surface area contributed by atoms with E-state index in [-0.39, 0.29) is 5.69 Å². The van der Waals surface area contributed by atoms with Crippen LogP contribution in [0.2, 0.25) is 0 Å². The Labute approximate surface area is 105 Å². The van der Waals surface area contributed by atoms with Gasteiger partial charge in [0.05, 0.1) is 24.2 Å². The SMILES string of the molecule is CC(C)(O)OCCCOc1cccc([N+](=O)[O-])c1. The van der Waals surface area contributed by atoms with Gasteiger partial charge in [0.25, 0.3) is 5.69 Å². The van der Waals surface area contributed by atoms with Crippen LogP contribution in [0.25, 0.3) is 0 Å². The number of nitro benzene ring substituents is 1. The van der Waals surface area contributed by atoms with E-state index in [1.54, 1.807) is 26.0 Å². The summed E-state index contributed by atoms with van der Waals surface area (Å²) in [6, 6.07) is 6.01. The van der Waals surface area contributed by atoms with Crippen LogP contribution in [0.4, 0.5) is 5.69 Å². The second-order valence-corrected chi connectivity index (χ2v) is 4.25. The molecule has 0 saturated carbocycles. The zero-order valence-corrected chi connectivity index (χ0v) is 10.5. The molecule has 0 amide bonds. The van der Waals surface area contributed by atoms with Crippen molar-refractivity contribution in [1.29, 1.82) is 0 Å². The Balaban J connectivity index is 2.31. The molecule has 1 N–H and O–H groups in total. The number of aliphatic hydroxyl groups is 1. The summed E-state index contributed by atoms with van der Waals surface area (Å²) >= 11 is 0. The van der Waals surface area contributed by atoms with Gasteiger partial charge < -0.3 is 14.6 Å². The van der Waals surface area contributed by atoms with Crippen molar-refractivity contribution in [3.8, 4) is 5.75 Å². The normalized spacial score (nSPS) is 11.3. The van der Waals surface area contributed by atoms with Gasteiger partial charge in [-0.2, -0.15) is 0 Å². The van der Waals surface area contributed by atoms with E-state index in [0.717, 1.165) is 0 Å². The maximum Gasteiger partial charge on any atom is 0.273 e. The molecule has 1 rings (SSSR count). The van der Waals surface area contributed by atoms with Gasteiger partial charge in [0.1, 0.15) is 5.75 Å². The fraction of sp³-hybridized carbons (Fsp3) is 0.500. The van der Waals surface area contributed by atoms with E-state index >= 15 is 0 Å². The second-order valence-electron chi connectivity index (χ2n) is 4.25. The van der Waals surface area contributed by atoms with Crippen LogP contribution in [0.1, 0.15) is 20.3 Å². The van der Waals surface area contributed by atoms with Crippen LogP contribution in [0.5, 0.6) is 5.75 Å². The minimum atomic E-state index is -1.15. The van der Waals surface area contributed by atoms with Crippen LogP contribution in [0.15, 0.2) is 24.3 Å². The third kappa shape index (κ3) is 5.60. The van der Waals surface area contributed by atoms with Crippen molar-refractivity contribution in [3.63, 3.8) is 0 Å². The van der Waals surface area contributed by atoms with Crippen molar-refractivity contribution >= 4 is 5.69 Å². The molecule has 0 aliphatic carbocycles. The maximum absolute atomic E-state index is 10.5. The first-order chi connectivity index (χ1) is 8.38. The Morgan fingerprint density at radius 2 is 2.11 bits per heavy atom. The molecule has 0 bridgehead atoms. The van der Waals surface area contributed by atoms with Crippen molar-refractivity contribution in [2.24, 2.45) is 0 Å². The molecule has 6 heteroatoms. The molecule has 0 atom stereocenters. The van der Waals surface area contributed by atoms with Crippen LogP contribution < -0.4 is 4.74 Å². The van der Waals surface area contributed by atoms with E-state index in [4.69, 9.17) is 9.47 Å². The van der Waals surface area contributed by atoms with Gasteiger partial charge in [-0.15, -0.1) is 0 Å². The van der Waals surface area contributed by atoms with E-state index in [0.29, 0.717) is 25.4 Å². The lowest BCUT2D eigenvalue weighted by Gasteiger charge is -2.17. The second kappa shape index (κ2) is 6.32. The Kier molecular flexibility index (Phi) is 5.06. The molecule has 0 heterocycles. The maximum atomic E-state index is 10.5. The fourth-order valence-corrected chi connectivity index (χ4v) is 1.26. The molecule has 1 aromatic rings. The molecule has 100 valence electrons. The molecule has 0 aromatic heterocycles. The molecule has 0 aliphatic heterocycles. The number of rotatable bonds is 7. The highest BCUT2D eigenvalue weighted by Gasteiger charge is 2.11. The zero-order valence-electron chi connectivity index (χ0n) is 10.5. The molecule has 6 nitrogen and oxygen atoms in total. The van der Waals surface area contributed by atoms with Crippen molar-refractivity contribution in [3.05, 3.63) is 34.4 Å². The number of benzene rings is 1. The average Bonchev–Trinajstić information content (AvgIpc) is 2.27. The van der Waals surface area contributed by atoms with Crippen molar-refractivity contribution in [2.45, 2.75) is 26.1 Å². The standard InChI is InChI=1S/C12H17NO5/c1-12(2,14)18-8-4-7-17-11-6-3-5-10(9-11)13(15)16/h3,5-6,9,14H,4,7-8H2,1-2H3. The summed E-state index contributed by atoms with van der Waals surface area (Å²) in [6.07, 6.45) is 0.590. The molecule has 0 fully saturated rings. The zero-order chi connectivity index (χ0) is 13.6. The molecule has 0 saturated heterocycles. The van der Waals surface area contributed by atoms with E-state index < -0.39 is 10.7 Å². The quantitative estimate of drug-likeness (QED) is 0.349. The lowest BCUT2D eigenvalue weighted by Crippen LogP contribution is -2.24. The molecular formula is C12H17NO5. The third-order valence-corrected chi connectivity index (χ3v) is 2.04. The summed E-state index contributed by atoms with van der Waals surface area (Å²) in [6.45, 7) is 3.83. The van der Waals surface area contributed by atoms with E-state index in [1.807, 2.05) is 0 Å². The predicted molar refractivity (Wildman–Crippen MR) is 65.5 cm³/mol. The van der Waals surface area contributed by atoms with Crippen LogP contribution in [-0.2, 0) is 4.74 Å². The first kappa shape index (κ1) is 14.4. The first-order valence-corrected chi connectivity index (χ1v) is 5.62. The monoisotopic (exact) mass is 255 g/mol. The Morgan fingerprint density at radius 3 is 2.72 bits per heavy atom. The van der Waals surface area contributed by atoms with Gasteiger partial charge in [0, 0.05) is 12.5 Å². The Bertz CT molecular complexity index is 400. The lowest BCUT2D eigenvalue weighted by atomic mass is 10.3. The van der Waals surface area contributed by atoms with Gasteiger partial charge in [-0.1, -0.05) is 6.07 Å². The smallest absolute Gasteiger partial charge is 0.273 e. The number of non-ortho nitro benzene ring substituents is 1. The molecule has 0 radical (unpaired) electrons. The van der Waals surface area contributed by atoms with Gasteiger partial charge in [0.15, 0.2) is 5.79 Å². The highest BCUT2D eigenvalue weighted by atomic mass is 16.6. The summed E-state index contributed by atoms with van der Waals surface area (Å²) in [5.41, 5.74) is 0.000224. The van der Waals surface area contributed by atoms with Gasteiger partial charge in [-0.25, -0.2) is 0 Å². The van der Waals surface area contributed by atoms with Crippen LogP contribution in [0, 0.1) is 10.1 Å². The molecule has 0 spiro atoms. The first-order valence-electron chi connectivity index (χ1n) is 5.62. The lowest BCUT2D eigenvalue weighted by molar-refractivity contribution is -0.384. The van der Waals surface area contributed by atoms with Crippen molar-refractivity contribution in [1.82, 2.24) is 0 Å². The van der Waals surface area contributed by atoms with Crippen LogP contribution in [0.3, 0.4) is 0 Å². The summed E-state index contributed by atoms with van der Waals surface area (Å²) in [5, 5.41) is 19.8. The van der Waals surface area contributed by atoms with E-state index in [1.165, 1.54) is 12.1 Å². The summed E-state index contributed by atoms with van der Waals surface area (Å²) in [7, 11) is 0. The molecule has 18 heavy (non-hydrogen) atoms. The molecule has 0 unspecified atom stereocenters. The van der Waals surface area contributed by atoms with Gasteiger partial charge in [-0.3, -0.25) is 10.1 Å². The van der Waals surface area contributed by atoms with Crippen LogP contribution >= 0.6 is 0 Å². The Morgan fingerprint density at radius 1 is 1.39 bits per heavy atom. The topological polar surface area (TPSA) is 81.8 Å². The number of ether oxygens (including phenoxy) is 2. The Hall–Kier alpha value is -1.66. The molecule has 0 aliphatic rings. The van der Waals surface area contributed by atoms with Crippen molar-refractivity contribution in [2.75, 3.05) is 13.2 Å². The molecule has 1 aromatic carbocycles. The number of hydrogen-bond acceptors (Lipinski definition) is 5. The average molecular weight is 255 g/mol. The summed E-state index contributed by atoms with van der Waals surface area (Å²) < 4.78 is 10.4. The summed E-state index contributed by atoms with van der Waals surface area (Å²) in [5.74, 6) is -0.696. The fourth-order valence-electron chi connectivity index (χ4n) is 1.26. The van der Waals surface area contributed by atoms with Crippen LogP contribution in [-0.4, -0.2) is 29.0 Å². The minimum Gasteiger partial charge on any atom is -0.493 e. The minimum absolute atomic E-state index is 0.000224. The number of hydrogen-bond donors (Lipinski definition) is 1. The van der Waals surface area contributed by atoms with Gasteiger partial charge in [0.2, 0.25) is 0 Å². The van der Waals surface area contributed by atoms with Crippen molar-refractivity contribution < 1.29 is 19.5 Å². The number of nitrogens with zero attached hydrogens (tertiary/aromatic N) is 1. The highest BCUT2D eigenvalue weighted by molar-refractivity contribution is 5.37. The highest BCUT2D eigenvalue weighted by Crippen LogP contribution is 2.19. The summed E-state index contributed by atoms with van der Waals surface area (Å²) in [4.78, 5) is 10.1. The van der Waals surface area contributed by atoms with Gasteiger partial charge >= 0.3 is 0 Å². The third-order valence-electron chi connectivity index (χ3n) is 2.04. The van der Waals surface area contributed by atoms with E-state index in [2.05, 4.69) is 0 Å².